The summed E-state index contributed by atoms with van der Waals surface area (Å²) in [5.74, 6) is -0.469. The molecule has 1 N–H and O–H groups in total. The average molecular weight is 249 g/mol. The second-order valence-corrected chi connectivity index (χ2v) is 4.13. The molecule has 1 heterocycles. The van der Waals surface area contributed by atoms with E-state index in [1.165, 1.54) is 12.1 Å². The number of hydrogen-bond donors (Lipinski definition) is 1. The van der Waals surface area contributed by atoms with Crippen LogP contribution in [-0.4, -0.2) is 30.1 Å². The molecular formula is C13H15NO4. The van der Waals surface area contributed by atoms with Gasteiger partial charge in [0.15, 0.2) is 0 Å². The zero-order valence-corrected chi connectivity index (χ0v) is 10.2. The molecule has 0 aliphatic carbocycles. The number of benzene rings is 1. The van der Waals surface area contributed by atoms with E-state index in [1.807, 2.05) is 6.92 Å². The molecule has 18 heavy (non-hydrogen) atoms. The van der Waals surface area contributed by atoms with Crippen molar-refractivity contribution in [3.05, 3.63) is 23.8 Å². The zero-order chi connectivity index (χ0) is 13.1. The van der Waals surface area contributed by atoms with Crippen LogP contribution >= 0.6 is 0 Å². The van der Waals surface area contributed by atoms with E-state index in [0.717, 1.165) is 6.42 Å². The third-order valence-electron chi connectivity index (χ3n) is 2.82. The van der Waals surface area contributed by atoms with E-state index in [-0.39, 0.29) is 11.5 Å². The SMILES string of the molecule is CCCN1C(=O)CCOc2ccc(C(=O)O)cc21. The molecule has 5 nitrogen and oxygen atoms in total. The van der Waals surface area contributed by atoms with Crippen LogP contribution in [0.5, 0.6) is 5.75 Å². The van der Waals surface area contributed by atoms with Crippen LogP contribution in [0.1, 0.15) is 30.1 Å². The van der Waals surface area contributed by atoms with Gasteiger partial charge in [-0.3, -0.25) is 4.79 Å². The first-order valence-electron chi connectivity index (χ1n) is 5.94. The summed E-state index contributed by atoms with van der Waals surface area (Å²) in [4.78, 5) is 24.5. The molecule has 0 radical (unpaired) electrons. The summed E-state index contributed by atoms with van der Waals surface area (Å²) < 4.78 is 5.47. The number of fused-ring (bicyclic) bond motifs is 1. The van der Waals surface area contributed by atoms with E-state index in [0.29, 0.717) is 31.0 Å². The van der Waals surface area contributed by atoms with Crippen LogP contribution in [0.15, 0.2) is 18.2 Å². The van der Waals surface area contributed by atoms with Crippen LogP contribution in [0, 0.1) is 0 Å². The van der Waals surface area contributed by atoms with Gasteiger partial charge in [-0.25, -0.2) is 4.79 Å². The number of carboxylic acids is 1. The van der Waals surface area contributed by atoms with Gasteiger partial charge in [0, 0.05) is 6.54 Å². The van der Waals surface area contributed by atoms with Crippen LogP contribution in [0.2, 0.25) is 0 Å². The lowest BCUT2D eigenvalue weighted by molar-refractivity contribution is -0.118. The molecule has 0 saturated carbocycles. The highest BCUT2D eigenvalue weighted by Gasteiger charge is 2.23. The fraction of sp³-hybridized carbons (Fsp3) is 0.385. The molecular weight excluding hydrogens is 234 g/mol. The molecule has 0 atom stereocenters. The Hall–Kier alpha value is -2.04. The Morgan fingerprint density at radius 1 is 1.50 bits per heavy atom. The number of aromatic carboxylic acids is 1. The summed E-state index contributed by atoms with van der Waals surface area (Å²) in [7, 11) is 0. The van der Waals surface area contributed by atoms with Gasteiger partial charge in [-0.1, -0.05) is 6.92 Å². The standard InChI is InChI=1S/C13H15NO4/c1-2-6-14-10-8-9(13(16)17)3-4-11(10)18-7-5-12(14)15/h3-4,8H,2,5-7H2,1H3,(H,16,17). The van der Waals surface area contributed by atoms with Gasteiger partial charge in [0.2, 0.25) is 5.91 Å². The monoisotopic (exact) mass is 249 g/mol. The van der Waals surface area contributed by atoms with Crippen LogP contribution in [0.4, 0.5) is 5.69 Å². The van der Waals surface area contributed by atoms with Crippen molar-refractivity contribution in [3.8, 4) is 5.75 Å². The van der Waals surface area contributed by atoms with Crippen molar-refractivity contribution in [1.82, 2.24) is 0 Å². The Bertz CT molecular complexity index is 484. The first kappa shape index (κ1) is 12.4. The van der Waals surface area contributed by atoms with Crippen LogP contribution in [0.3, 0.4) is 0 Å². The molecule has 96 valence electrons. The molecule has 0 spiro atoms. The van der Waals surface area contributed by atoms with Crippen LogP contribution in [-0.2, 0) is 4.79 Å². The van der Waals surface area contributed by atoms with Gasteiger partial charge in [-0.15, -0.1) is 0 Å². The Morgan fingerprint density at radius 2 is 2.28 bits per heavy atom. The van der Waals surface area contributed by atoms with Crippen LogP contribution in [0.25, 0.3) is 0 Å². The number of amides is 1. The van der Waals surface area contributed by atoms with Crippen molar-refractivity contribution in [2.75, 3.05) is 18.1 Å². The van der Waals surface area contributed by atoms with Crippen molar-refractivity contribution in [1.29, 1.82) is 0 Å². The normalized spacial score (nSPS) is 14.7. The average Bonchev–Trinajstić information content (AvgIpc) is 2.50. The van der Waals surface area contributed by atoms with Crippen molar-refractivity contribution in [2.45, 2.75) is 19.8 Å². The number of hydrogen-bond acceptors (Lipinski definition) is 3. The number of carbonyl (C=O) groups is 2. The molecule has 1 aromatic carbocycles. The molecule has 1 aliphatic heterocycles. The van der Waals surface area contributed by atoms with Gasteiger partial charge in [0.1, 0.15) is 5.75 Å². The molecule has 0 saturated heterocycles. The first-order valence-corrected chi connectivity index (χ1v) is 5.94. The number of ether oxygens (including phenoxy) is 1. The van der Waals surface area contributed by atoms with E-state index in [4.69, 9.17) is 9.84 Å². The summed E-state index contributed by atoms with van der Waals surface area (Å²) in [6, 6.07) is 4.59. The van der Waals surface area contributed by atoms with Crippen molar-refractivity contribution < 1.29 is 19.4 Å². The molecule has 1 aromatic rings. The quantitative estimate of drug-likeness (QED) is 0.888. The second kappa shape index (κ2) is 5.08. The van der Waals surface area contributed by atoms with E-state index in [2.05, 4.69) is 0 Å². The lowest BCUT2D eigenvalue weighted by Gasteiger charge is -2.21. The fourth-order valence-corrected chi connectivity index (χ4v) is 1.97. The van der Waals surface area contributed by atoms with Crippen LogP contribution < -0.4 is 9.64 Å². The van der Waals surface area contributed by atoms with Crippen molar-refractivity contribution in [2.24, 2.45) is 0 Å². The fourth-order valence-electron chi connectivity index (χ4n) is 1.97. The lowest BCUT2D eigenvalue weighted by atomic mass is 10.1. The number of carbonyl (C=O) groups excluding carboxylic acids is 1. The zero-order valence-electron chi connectivity index (χ0n) is 10.2. The highest BCUT2D eigenvalue weighted by atomic mass is 16.5. The maximum absolute atomic E-state index is 11.9. The van der Waals surface area contributed by atoms with Crippen molar-refractivity contribution >= 4 is 17.6 Å². The number of carboxylic acid groups (broad SMARTS) is 1. The minimum atomic E-state index is -1.01. The molecule has 0 unspecified atom stereocenters. The van der Waals surface area contributed by atoms with Gasteiger partial charge in [0.25, 0.3) is 0 Å². The highest BCUT2D eigenvalue weighted by Crippen LogP contribution is 2.32. The summed E-state index contributed by atoms with van der Waals surface area (Å²) in [6.45, 7) is 2.87. The molecule has 1 aliphatic rings. The minimum Gasteiger partial charge on any atom is -0.491 e. The molecule has 2 rings (SSSR count). The van der Waals surface area contributed by atoms with Gasteiger partial charge >= 0.3 is 5.97 Å². The molecule has 1 amide bonds. The molecule has 0 aromatic heterocycles. The van der Waals surface area contributed by atoms with E-state index < -0.39 is 5.97 Å². The number of nitrogens with zero attached hydrogens (tertiary/aromatic N) is 1. The highest BCUT2D eigenvalue weighted by molar-refractivity contribution is 5.98. The summed E-state index contributed by atoms with van der Waals surface area (Å²) >= 11 is 0. The molecule has 0 bridgehead atoms. The third-order valence-corrected chi connectivity index (χ3v) is 2.82. The second-order valence-electron chi connectivity index (χ2n) is 4.13. The Kier molecular flexibility index (Phi) is 3.50. The maximum Gasteiger partial charge on any atom is 0.335 e. The molecule has 0 fully saturated rings. The van der Waals surface area contributed by atoms with Gasteiger partial charge in [-0.2, -0.15) is 0 Å². The Balaban J connectivity index is 2.47. The van der Waals surface area contributed by atoms with Gasteiger partial charge in [-0.05, 0) is 24.6 Å². The van der Waals surface area contributed by atoms with E-state index >= 15 is 0 Å². The smallest absolute Gasteiger partial charge is 0.335 e. The largest absolute Gasteiger partial charge is 0.491 e. The maximum atomic E-state index is 11.9. The Morgan fingerprint density at radius 3 is 2.94 bits per heavy atom. The first-order chi connectivity index (χ1) is 8.63. The number of rotatable bonds is 3. The van der Waals surface area contributed by atoms with Gasteiger partial charge < -0.3 is 14.7 Å². The van der Waals surface area contributed by atoms with Gasteiger partial charge in [0.05, 0.1) is 24.3 Å². The summed E-state index contributed by atoms with van der Waals surface area (Å²) in [5.41, 5.74) is 0.715. The molecule has 5 heteroatoms. The topological polar surface area (TPSA) is 66.8 Å². The Labute approximate surface area is 105 Å². The summed E-state index contributed by atoms with van der Waals surface area (Å²) in [6.07, 6.45) is 1.12. The van der Waals surface area contributed by atoms with E-state index in [9.17, 15) is 9.59 Å². The minimum absolute atomic E-state index is 0.0295. The van der Waals surface area contributed by atoms with Crippen molar-refractivity contribution in [3.63, 3.8) is 0 Å². The number of anilines is 1. The van der Waals surface area contributed by atoms with E-state index in [1.54, 1.807) is 11.0 Å². The predicted octanol–water partition coefficient (Wildman–Crippen LogP) is 1.91. The third kappa shape index (κ3) is 2.30. The predicted molar refractivity (Wildman–Crippen MR) is 66.2 cm³/mol. The lowest BCUT2D eigenvalue weighted by Crippen LogP contribution is -2.31. The summed E-state index contributed by atoms with van der Waals surface area (Å²) in [5, 5.41) is 8.99.